The fraction of sp³-hybridized carbons (Fsp3) is 0.567. The lowest BCUT2D eigenvalue weighted by atomic mass is 10.1. The average Bonchev–Trinajstić information content (AvgIpc) is 3.44. The van der Waals surface area contributed by atoms with Gasteiger partial charge in [0.05, 0.1) is 32.2 Å². The number of nitrogens with zero attached hydrogens (tertiary/aromatic N) is 4. The average molecular weight is 676 g/mol. The van der Waals surface area contributed by atoms with Gasteiger partial charge in [0.25, 0.3) is 0 Å². The first-order valence-corrected chi connectivity index (χ1v) is 16.9. The summed E-state index contributed by atoms with van der Waals surface area (Å²) in [4.78, 5) is 22.3. The number of rotatable bonds is 20. The van der Waals surface area contributed by atoms with Crippen LogP contribution in [0.2, 0.25) is 0 Å². The minimum atomic E-state index is -3.94. The van der Waals surface area contributed by atoms with Gasteiger partial charge in [-0.25, -0.2) is 36.9 Å². The molecule has 0 aliphatic heterocycles. The van der Waals surface area contributed by atoms with E-state index in [1.54, 1.807) is 17.8 Å². The summed E-state index contributed by atoms with van der Waals surface area (Å²) < 4.78 is 96.7. The number of hydrogen-bond acceptors (Lipinski definition) is 8. The van der Waals surface area contributed by atoms with Crippen LogP contribution in [0.25, 0.3) is 11.2 Å². The molecule has 0 radical (unpaired) electrons. The predicted octanol–water partition coefficient (Wildman–Crippen LogP) is 6.64. The fourth-order valence-corrected chi connectivity index (χ4v) is 5.36. The summed E-state index contributed by atoms with van der Waals surface area (Å²) in [5.41, 5.74) is 5.71. The number of fused-ring (bicyclic) bond motifs is 1. The number of ether oxygens (including phenoxy) is 2. The second kappa shape index (κ2) is 18.9. The van der Waals surface area contributed by atoms with Gasteiger partial charge in [0.15, 0.2) is 34.7 Å². The van der Waals surface area contributed by atoms with Gasteiger partial charge in [-0.1, -0.05) is 56.8 Å². The normalized spacial score (nSPS) is 13.5. The van der Waals surface area contributed by atoms with Gasteiger partial charge in [-0.2, -0.15) is 0 Å². The van der Waals surface area contributed by atoms with Gasteiger partial charge in [0.2, 0.25) is 5.82 Å². The molecule has 0 amide bonds. The smallest absolute Gasteiger partial charge is 0.353 e. The number of aromatic nitrogens is 4. The Labute approximate surface area is 264 Å². The van der Waals surface area contributed by atoms with Crippen LogP contribution >= 0.6 is 7.60 Å². The van der Waals surface area contributed by atoms with Crippen molar-refractivity contribution in [2.75, 3.05) is 31.9 Å². The number of unbranched alkanes of at least 4 members (excludes halogenated alkanes) is 9. The lowest BCUT2D eigenvalue weighted by Gasteiger charge is -2.17. The maximum absolute atomic E-state index is 13.6. The molecular formula is C30H39F5N5O5P. The first-order chi connectivity index (χ1) is 22.0. The Morgan fingerprint density at radius 2 is 1.48 bits per heavy atom. The van der Waals surface area contributed by atoms with E-state index in [0.29, 0.717) is 37.2 Å². The monoisotopic (exact) mass is 675 g/mol. The molecule has 0 saturated heterocycles. The molecule has 0 fully saturated rings. The zero-order valence-electron chi connectivity index (χ0n) is 25.6. The Hall–Kier alpha value is -3.15. The van der Waals surface area contributed by atoms with E-state index in [-0.39, 0.29) is 19.0 Å². The molecule has 254 valence electrons. The van der Waals surface area contributed by atoms with Crippen LogP contribution in [0.15, 0.2) is 12.7 Å². The molecule has 16 heteroatoms. The van der Waals surface area contributed by atoms with Gasteiger partial charge >= 0.3 is 7.60 Å². The molecule has 0 spiro atoms. The van der Waals surface area contributed by atoms with Crippen LogP contribution in [0.3, 0.4) is 0 Å². The van der Waals surface area contributed by atoms with Crippen molar-refractivity contribution in [3.63, 3.8) is 0 Å². The van der Waals surface area contributed by atoms with Crippen LogP contribution in [0.1, 0.15) is 76.7 Å². The molecule has 10 nitrogen and oxygen atoms in total. The summed E-state index contributed by atoms with van der Waals surface area (Å²) in [6.45, 7) is 2.77. The summed E-state index contributed by atoms with van der Waals surface area (Å²) in [7, 11) is -3.94. The van der Waals surface area contributed by atoms with E-state index in [4.69, 9.17) is 19.7 Å². The molecule has 1 unspecified atom stereocenters. The Bertz CT molecular complexity index is 1500. The molecule has 0 saturated carbocycles. The molecule has 46 heavy (non-hydrogen) atoms. The Morgan fingerprint density at radius 3 is 2.15 bits per heavy atom. The molecule has 3 rings (SSSR count). The van der Waals surface area contributed by atoms with E-state index in [9.17, 15) is 31.4 Å². The van der Waals surface area contributed by atoms with Crippen LogP contribution < -0.4 is 5.73 Å². The maximum Gasteiger partial charge on any atom is 0.353 e. The number of anilines is 1. The van der Waals surface area contributed by atoms with E-state index >= 15 is 0 Å². The molecular weight excluding hydrogens is 636 g/mol. The quantitative estimate of drug-likeness (QED) is 0.0338. The minimum Gasteiger partial charge on any atom is -0.382 e. The highest BCUT2D eigenvalue weighted by atomic mass is 31.2. The number of benzene rings is 1. The third-order valence-corrected chi connectivity index (χ3v) is 8.00. The molecule has 3 aromatic rings. The lowest BCUT2D eigenvalue weighted by Crippen LogP contribution is -2.18. The third kappa shape index (κ3) is 11.6. The van der Waals surface area contributed by atoms with Crippen molar-refractivity contribution in [3.8, 4) is 11.8 Å². The van der Waals surface area contributed by atoms with Crippen LogP contribution in [0.5, 0.6) is 0 Å². The van der Waals surface area contributed by atoms with Crippen LogP contribution in [0, 0.1) is 40.9 Å². The van der Waals surface area contributed by atoms with Crippen molar-refractivity contribution in [3.05, 3.63) is 47.3 Å². The molecule has 0 bridgehead atoms. The van der Waals surface area contributed by atoms with Crippen LogP contribution in [0.4, 0.5) is 27.8 Å². The minimum absolute atomic E-state index is 0.0312. The predicted molar refractivity (Wildman–Crippen MR) is 161 cm³/mol. The van der Waals surface area contributed by atoms with Gasteiger partial charge in [-0.05, 0) is 19.8 Å². The van der Waals surface area contributed by atoms with Crippen molar-refractivity contribution in [1.82, 2.24) is 19.5 Å². The number of hydrogen-bond donors (Lipinski definition) is 2. The summed E-state index contributed by atoms with van der Waals surface area (Å²) in [5.74, 6) is -5.19. The zero-order chi connectivity index (χ0) is 33.5. The summed E-state index contributed by atoms with van der Waals surface area (Å²) in [6.07, 6.45) is 10.8. The molecule has 0 aliphatic rings. The largest absolute Gasteiger partial charge is 0.382 e. The summed E-state index contributed by atoms with van der Waals surface area (Å²) in [5, 5.41) is 0. The first kappa shape index (κ1) is 37.3. The fourth-order valence-electron chi connectivity index (χ4n) is 4.48. The SMILES string of the molecule is C[C@H](Cn1cnc2c(N)ncnc21)OCP(=O)(O)OCCOCCCCCCCCCCCC#Cc1c(F)c(F)c(F)c(F)c1F. The number of imidazole rings is 1. The van der Waals surface area contributed by atoms with E-state index in [2.05, 4.69) is 26.8 Å². The van der Waals surface area contributed by atoms with E-state index in [1.165, 1.54) is 6.33 Å². The van der Waals surface area contributed by atoms with Gasteiger partial charge < -0.3 is 29.2 Å². The maximum atomic E-state index is 13.6. The zero-order valence-corrected chi connectivity index (χ0v) is 26.5. The highest BCUT2D eigenvalue weighted by Gasteiger charge is 2.25. The van der Waals surface area contributed by atoms with Crippen molar-refractivity contribution in [2.24, 2.45) is 0 Å². The highest BCUT2D eigenvalue weighted by Crippen LogP contribution is 2.41. The summed E-state index contributed by atoms with van der Waals surface area (Å²) >= 11 is 0. The number of nitrogen functional groups attached to an aromatic ring is 1. The second-order valence-electron chi connectivity index (χ2n) is 10.7. The Balaban J connectivity index is 1.13. The second-order valence-corrected chi connectivity index (χ2v) is 12.5. The van der Waals surface area contributed by atoms with Crippen molar-refractivity contribution >= 4 is 24.6 Å². The van der Waals surface area contributed by atoms with Gasteiger partial charge in [0.1, 0.15) is 23.8 Å². The topological polar surface area (TPSA) is 135 Å². The van der Waals surface area contributed by atoms with Crippen molar-refractivity contribution in [2.45, 2.75) is 83.8 Å². The third-order valence-electron chi connectivity index (χ3n) is 6.94. The molecule has 2 aromatic heterocycles. The van der Waals surface area contributed by atoms with E-state index in [1.807, 2.05) is 0 Å². The summed E-state index contributed by atoms with van der Waals surface area (Å²) in [6, 6.07) is 0. The molecule has 2 atom stereocenters. The van der Waals surface area contributed by atoms with Crippen LogP contribution in [-0.4, -0.2) is 56.7 Å². The Kier molecular flexibility index (Phi) is 15.3. The molecule has 2 heterocycles. The van der Waals surface area contributed by atoms with Gasteiger partial charge in [-0.3, -0.25) is 4.57 Å². The Morgan fingerprint density at radius 1 is 0.870 bits per heavy atom. The molecule has 3 N–H and O–H groups in total. The highest BCUT2D eigenvalue weighted by molar-refractivity contribution is 7.52. The standard InChI is InChI=1S/C30H39F5N5O5P/c1-21(17-40-19-39-28-29(36)37-18-38-30(28)40)44-20-46(41,42)45-16-15-43-14-12-10-8-6-4-2-3-5-7-9-11-13-22-23(31)25(33)27(35)26(34)24(22)32/h18-19,21H,2-10,12,14-17,20H2,1H3,(H,41,42)(H2,36,37,38)/t21-/m1/s1. The van der Waals surface area contributed by atoms with Crippen molar-refractivity contribution < 1.29 is 45.4 Å². The number of nitrogens with two attached hydrogens (primary N) is 1. The first-order valence-electron chi connectivity index (χ1n) is 15.1. The van der Waals surface area contributed by atoms with Crippen molar-refractivity contribution in [1.29, 1.82) is 0 Å². The van der Waals surface area contributed by atoms with Crippen LogP contribution in [-0.2, 0) is 25.1 Å². The van der Waals surface area contributed by atoms with Gasteiger partial charge in [-0.15, -0.1) is 0 Å². The van der Waals surface area contributed by atoms with E-state index < -0.39 is 54.7 Å². The molecule has 0 aliphatic carbocycles. The molecule has 1 aromatic carbocycles. The van der Waals surface area contributed by atoms with E-state index in [0.717, 1.165) is 51.4 Å². The number of halogens is 5. The lowest BCUT2D eigenvalue weighted by molar-refractivity contribution is 0.0610. The van der Waals surface area contributed by atoms with Gasteiger partial charge in [0, 0.05) is 13.0 Å².